The fourth-order valence-electron chi connectivity index (χ4n) is 2.21. The van der Waals surface area contributed by atoms with Crippen molar-refractivity contribution in [2.45, 2.75) is 31.4 Å². The molecule has 0 bridgehead atoms. The van der Waals surface area contributed by atoms with Gasteiger partial charge < -0.3 is 5.73 Å². The lowest BCUT2D eigenvalue weighted by atomic mass is 10.1. The first kappa shape index (κ1) is 11.8. The molecule has 88 valence electrons. The van der Waals surface area contributed by atoms with Crippen LogP contribution < -0.4 is 5.73 Å². The van der Waals surface area contributed by atoms with Crippen LogP contribution in [-0.4, -0.2) is 5.75 Å². The van der Waals surface area contributed by atoms with E-state index >= 15 is 0 Å². The van der Waals surface area contributed by atoms with E-state index in [1.165, 1.54) is 37.5 Å². The zero-order chi connectivity index (χ0) is 11.4. The van der Waals surface area contributed by atoms with E-state index in [-0.39, 0.29) is 5.82 Å². The highest BCUT2D eigenvalue weighted by Gasteiger charge is 2.14. The molecule has 0 heterocycles. The summed E-state index contributed by atoms with van der Waals surface area (Å²) in [6.07, 6.45) is 5.50. The predicted octanol–water partition coefficient (Wildman–Crippen LogP) is 3.83. The highest BCUT2D eigenvalue weighted by Crippen LogP contribution is 2.29. The summed E-state index contributed by atoms with van der Waals surface area (Å²) in [6.45, 7) is 0. The molecule has 0 aliphatic heterocycles. The maximum absolute atomic E-state index is 13.0. The average Bonchev–Trinajstić information content (AvgIpc) is 2.76. The quantitative estimate of drug-likeness (QED) is 0.808. The summed E-state index contributed by atoms with van der Waals surface area (Å²) in [5.41, 5.74) is 7.45. The van der Waals surface area contributed by atoms with E-state index in [1.54, 1.807) is 12.1 Å². The molecule has 1 nitrogen and oxygen atoms in total. The topological polar surface area (TPSA) is 26.0 Å². The SMILES string of the molecule is Nc1ccc(F)cc1CSCC1CCCC1. The summed E-state index contributed by atoms with van der Waals surface area (Å²) >= 11 is 1.88. The van der Waals surface area contributed by atoms with Crippen molar-refractivity contribution in [3.05, 3.63) is 29.6 Å². The second-order valence-electron chi connectivity index (χ2n) is 4.51. The van der Waals surface area contributed by atoms with Gasteiger partial charge in [0.25, 0.3) is 0 Å². The summed E-state index contributed by atoms with van der Waals surface area (Å²) in [4.78, 5) is 0. The normalized spacial score (nSPS) is 16.8. The van der Waals surface area contributed by atoms with Crippen molar-refractivity contribution in [1.29, 1.82) is 0 Å². The molecule has 1 aliphatic rings. The van der Waals surface area contributed by atoms with E-state index in [9.17, 15) is 4.39 Å². The maximum Gasteiger partial charge on any atom is 0.123 e. The Morgan fingerprint density at radius 1 is 1.31 bits per heavy atom. The van der Waals surface area contributed by atoms with E-state index < -0.39 is 0 Å². The fourth-order valence-corrected chi connectivity index (χ4v) is 3.47. The lowest BCUT2D eigenvalue weighted by Gasteiger charge is -2.09. The molecule has 2 rings (SSSR count). The predicted molar refractivity (Wildman–Crippen MR) is 68.9 cm³/mol. The molecule has 16 heavy (non-hydrogen) atoms. The summed E-state index contributed by atoms with van der Waals surface area (Å²) in [7, 11) is 0. The Labute approximate surface area is 101 Å². The molecule has 0 spiro atoms. The van der Waals surface area contributed by atoms with Gasteiger partial charge in [0.15, 0.2) is 0 Å². The Morgan fingerprint density at radius 2 is 2.06 bits per heavy atom. The monoisotopic (exact) mass is 239 g/mol. The summed E-state index contributed by atoms with van der Waals surface area (Å²) in [5, 5.41) is 0. The number of nitrogens with two attached hydrogens (primary N) is 1. The minimum atomic E-state index is -0.189. The first-order valence-corrected chi connectivity index (χ1v) is 7.03. The van der Waals surface area contributed by atoms with Gasteiger partial charge in [0, 0.05) is 11.4 Å². The number of benzene rings is 1. The molecule has 1 aromatic carbocycles. The third-order valence-corrected chi connectivity index (χ3v) is 4.41. The van der Waals surface area contributed by atoms with Crippen LogP contribution in [0.2, 0.25) is 0 Å². The van der Waals surface area contributed by atoms with Gasteiger partial charge in [0.2, 0.25) is 0 Å². The molecule has 2 N–H and O–H groups in total. The highest BCUT2D eigenvalue weighted by atomic mass is 32.2. The lowest BCUT2D eigenvalue weighted by molar-refractivity contribution is 0.622. The van der Waals surface area contributed by atoms with E-state index in [2.05, 4.69) is 0 Å². The number of hydrogen-bond donors (Lipinski definition) is 1. The van der Waals surface area contributed by atoms with E-state index in [0.717, 1.165) is 17.2 Å². The van der Waals surface area contributed by atoms with Gasteiger partial charge in [-0.25, -0.2) is 4.39 Å². The Kier molecular flexibility index (Phi) is 4.10. The minimum Gasteiger partial charge on any atom is -0.398 e. The standard InChI is InChI=1S/C13H18FNS/c14-12-5-6-13(15)11(7-12)9-16-8-10-3-1-2-4-10/h5-7,10H,1-4,8-9,15H2. The van der Waals surface area contributed by atoms with Crippen molar-refractivity contribution >= 4 is 17.4 Å². The number of anilines is 1. The van der Waals surface area contributed by atoms with Crippen molar-refractivity contribution in [1.82, 2.24) is 0 Å². The Bertz CT molecular complexity index is 348. The number of hydrogen-bond acceptors (Lipinski definition) is 2. The van der Waals surface area contributed by atoms with Crippen molar-refractivity contribution in [2.24, 2.45) is 5.92 Å². The zero-order valence-corrected chi connectivity index (χ0v) is 10.2. The van der Waals surface area contributed by atoms with Crippen LogP contribution in [0.5, 0.6) is 0 Å². The van der Waals surface area contributed by atoms with Gasteiger partial charge in [-0.15, -0.1) is 0 Å². The number of nitrogen functional groups attached to an aromatic ring is 1. The van der Waals surface area contributed by atoms with Gasteiger partial charge >= 0.3 is 0 Å². The van der Waals surface area contributed by atoms with Gasteiger partial charge in [-0.1, -0.05) is 12.8 Å². The highest BCUT2D eigenvalue weighted by molar-refractivity contribution is 7.98. The van der Waals surface area contributed by atoms with Gasteiger partial charge in [-0.05, 0) is 48.3 Å². The van der Waals surface area contributed by atoms with Crippen LogP contribution in [-0.2, 0) is 5.75 Å². The van der Waals surface area contributed by atoms with Crippen molar-refractivity contribution in [3.63, 3.8) is 0 Å². The Hall–Kier alpha value is -0.700. The molecule has 0 amide bonds. The number of halogens is 1. The molecule has 1 aliphatic carbocycles. The molecule has 0 saturated heterocycles. The van der Waals surface area contributed by atoms with Crippen molar-refractivity contribution in [3.8, 4) is 0 Å². The van der Waals surface area contributed by atoms with Crippen molar-refractivity contribution < 1.29 is 4.39 Å². The largest absolute Gasteiger partial charge is 0.398 e. The van der Waals surface area contributed by atoms with Crippen LogP contribution in [0.15, 0.2) is 18.2 Å². The molecule has 0 radical (unpaired) electrons. The van der Waals surface area contributed by atoms with Crippen LogP contribution in [0, 0.1) is 11.7 Å². The minimum absolute atomic E-state index is 0.189. The van der Waals surface area contributed by atoms with Crippen LogP contribution in [0.25, 0.3) is 0 Å². The maximum atomic E-state index is 13.0. The molecular weight excluding hydrogens is 221 g/mol. The van der Waals surface area contributed by atoms with Crippen LogP contribution in [0.1, 0.15) is 31.2 Å². The van der Waals surface area contributed by atoms with Gasteiger partial charge in [-0.2, -0.15) is 11.8 Å². The zero-order valence-electron chi connectivity index (χ0n) is 9.42. The second kappa shape index (κ2) is 5.58. The first-order chi connectivity index (χ1) is 7.75. The Morgan fingerprint density at radius 3 is 2.81 bits per heavy atom. The van der Waals surface area contributed by atoms with Crippen LogP contribution >= 0.6 is 11.8 Å². The summed E-state index contributed by atoms with van der Waals surface area (Å²) < 4.78 is 13.0. The molecule has 1 fully saturated rings. The molecule has 1 aromatic rings. The lowest BCUT2D eigenvalue weighted by Crippen LogP contribution is -1.99. The fraction of sp³-hybridized carbons (Fsp3) is 0.538. The third kappa shape index (κ3) is 3.14. The van der Waals surface area contributed by atoms with Gasteiger partial charge in [0.05, 0.1) is 0 Å². The van der Waals surface area contributed by atoms with E-state index in [1.807, 2.05) is 11.8 Å². The molecule has 3 heteroatoms. The van der Waals surface area contributed by atoms with Crippen LogP contribution in [0.4, 0.5) is 10.1 Å². The molecule has 0 unspecified atom stereocenters. The first-order valence-electron chi connectivity index (χ1n) is 5.87. The van der Waals surface area contributed by atoms with E-state index in [4.69, 9.17) is 5.73 Å². The number of thioether (sulfide) groups is 1. The van der Waals surface area contributed by atoms with Gasteiger partial charge in [-0.3, -0.25) is 0 Å². The van der Waals surface area contributed by atoms with Gasteiger partial charge in [0.1, 0.15) is 5.82 Å². The second-order valence-corrected chi connectivity index (χ2v) is 5.54. The van der Waals surface area contributed by atoms with Crippen molar-refractivity contribution in [2.75, 3.05) is 11.5 Å². The average molecular weight is 239 g/mol. The van der Waals surface area contributed by atoms with E-state index in [0.29, 0.717) is 5.69 Å². The molecule has 1 saturated carbocycles. The summed E-state index contributed by atoms with van der Waals surface area (Å²) in [6, 6.07) is 4.62. The molecular formula is C13H18FNS. The summed E-state index contributed by atoms with van der Waals surface area (Å²) in [5.74, 6) is 2.71. The number of rotatable bonds is 4. The Balaban J connectivity index is 1.82. The van der Waals surface area contributed by atoms with Crippen LogP contribution in [0.3, 0.4) is 0 Å². The molecule has 0 aromatic heterocycles. The molecule has 0 atom stereocenters. The smallest absolute Gasteiger partial charge is 0.123 e. The third-order valence-electron chi connectivity index (χ3n) is 3.19.